The number of aromatic nitrogens is 8. The predicted octanol–water partition coefficient (Wildman–Crippen LogP) is 3.82. The second-order valence-electron chi connectivity index (χ2n) is 8.76. The van der Waals surface area contributed by atoms with Crippen molar-refractivity contribution in [3.8, 4) is 23.0 Å². The van der Waals surface area contributed by atoms with Gasteiger partial charge < -0.3 is 9.13 Å². The largest absolute Gasteiger partial charge is 0.310 e. The van der Waals surface area contributed by atoms with Gasteiger partial charge in [0.15, 0.2) is 5.82 Å². The van der Waals surface area contributed by atoms with Crippen LogP contribution in [0, 0.1) is 5.82 Å². The Morgan fingerprint density at radius 1 is 1.09 bits per heavy atom. The predicted molar refractivity (Wildman–Crippen MR) is 124 cm³/mol. The van der Waals surface area contributed by atoms with E-state index in [0.717, 1.165) is 18.5 Å². The van der Waals surface area contributed by atoms with Gasteiger partial charge in [0.25, 0.3) is 5.56 Å². The minimum atomic E-state index is -0.468. The molecule has 9 nitrogen and oxygen atoms in total. The van der Waals surface area contributed by atoms with Crippen LogP contribution in [0.15, 0.2) is 60.3 Å². The van der Waals surface area contributed by atoms with E-state index < -0.39 is 5.82 Å². The average molecular weight is 456 g/mol. The molecule has 0 atom stereocenters. The van der Waals surface area contributed by atoms with Gasteiger partial charge in [-0.25, -0.2) is 19.3 Å². The zero-order chi connectivity index (χ0) is 23.4. The summed E-state index contributed by atoms with van der Waals surface area (Å²) in [5, 5.41) is 8.47. The number of benzene rings is 1. The van der Waals surface area contributed by atoms with Crippen molar-refractivity contribution in [3.05, 3.63) is 77.4 Å². The normalized spacial score (nSPS) is 13.8. The van der Waals surface area contributed by atoms with Gasteiger partial charge >= 0.3 is 0 Å². The highest BCUT2D eigenvalue weighted by Gasteiger charge is 2.26. The first-order valence-electron chi connectivity index (χ1n) is 11.1. The third-order valence-electron chi connectivity index (χ3n) is 6.04. The topological polar surface area (TPSA) is 96.3 Å². The minimum Gasteiger partial charge on any atom is -0.310 e. The number of pyridine rings is 1. The molecule has 1 fully saturated rings. The highest BCUT2D eigenvalue weighted by Crippen LogP contribution is 2.39. The van der Waals surface area contributed by atoms with E-state index in [2.05, 4.69) is 25.1 Å². The fraction of sp³-hybridized carbons (Fsp3) is 0.250. The lowest BCUT2D eigenvalue weighted by Crippen LogP contribution is -2.20. The Bertz CT molecular complexity index is 1590. The van der Waals surface area contributed by atoms with Crippen molar-refractivity contribution in [2.45, 2.75) is 38.6 Å². The second kappa shape index (κ2) is 7.68. The molecule has 4 aromatic heterocycles. The minimum absolute atomic E-state index is 0.150. The van der Waals surface area contributed by atoms with Crippen molar-refractivity contribution in [2.24, 2.45) is 0 Å². The maximum absolute atomic E-state index is 14.9. The first kappa shape index (κ1) is 20.4. The van der Waals surface area contributed by atoms with Gasteiger partial charge in [0.1, 0.15) is 30.0 Å². The molecular weight excluding hydrogens is 435 g/mol. The SMILES string of the molecule is CC(C)n1cnnc1-c1cccc(-n2cnc3cc(F)c(-n4cnc(C5CC5)c4)cc3c2=O)n1. The van der Waals surface area contributed by atoms with Crippen LogP contribution in [0.1, 0.15) is 44.3 Å². The summed E-state index contributed by atoms with van der Waals surface area (Å²) in [6.07, 6.45) is 8.64. The third-order valence-corrected chi connectivity index (χ3v) is 6.04. The lowest BCUT2D eigenvalue weighted by atomic mass is 10.2. The summed E-state index contributed by atoms with van der Waals surface area (Å²) in [7, 11) is 0. The summed E-state index contributed by atoms with van der Waals surface area (Å²) >= 11 is 0. The Morgan fingerprint density at radius 2 is 1.94 bits per heavy atom. The molecule has 5 aromatic rings. The van der Waals surface area contributed by atoms with Crippen LogP contribution in [0.5, 0.6) is 0 Å². The molecule has 0 N–H and O–H groups in total. The number of hydrogen-bond acceptors (Lipinski definition) is 6. The summed E-state index contributed by atoms with van der Waals surface area (Å²) < 4.78 is 19.8. The molecule has 0 saturated heterocycles. The number of hydrogen-bond donors (Lipinski definition) is 0. The molecule has 0 aliphatic heterocycles. The fourth-order valence-corrected chi connectivity index (χ4v) is 4.04. The van der Waals surface area contributed by atoms with Crippen molar-refractivity contribution in [3.63, 3.8) is 0 Å². The Balaban J connectivity index is 1.45. The fourth-order valence-electron chi connectivity index (χ4n) is 4.04. The number of imidazole rings is 1. The van der Waals surface area contributed by atoms with Gasteiger partial charge in [0.05, 0.1) is 28.6 Å². The Morgan fingerprint density at radius 3 is 2.74 bits per heavy atom. The first-order chi connectivity index (χ1) is 16.5. The summed E-state index contributed by atoms with van der Waals surface area (Å²) in [6, 6.07) is 8.29. The zero-order valence-corrected chi connectivity index (χ0v) is 18.6. The van der Waals surface area contributed by atoms with E-state index in [0.29, 0.717) is 23.3 Å². The quantitative estimate of drug-likeness (QED) is 0.399. The van der Waals surface area contributed by atoms with Gasteiger partial charge in [-0.1, -0.05) is 6.07 Å². The van der Waals surface area contributed by atoms with Crippen molar-refractivity contribution < 1.29 is 4.39 Å². The Labute approximate surface area is 193 Å². The molecule has 0 spiro atoms. The third kappa shape index (κ3) is 3.38. The maximum Gasteiger partial charge on any atom is 0.267 e. The smallest absolute Gasteiger partial charge is 0.267 e. The summed E-state index contributed by atoms with van der Waals surface area (Å²) in [5.41, 5.74) is 1.72. The van der Waals surface area contributed by atoms with Gasteiger partial charge in [0.2, 0.25) is 0 Å². The van der Waals surface area contributed by atoms with E-state index in [9.17, 15) is 9.18 Å². The van der Waals surface area contributed by atoms with Crippen LogP contribution >= 0.6 is 0 Å². The van der Waals surface area contributed by atoms with Crippen LogP contribution in [-0.4, -0.2) is 38.9 Å². The van der Waals surface area contributed by atoms with Crippen LogP contribution in [-0.2, 0) is 0 Å². The number of fused-ring (bicyclic) bond motifs is 1. The number of rotatable bonds is 5. The summed E-state index contributed by atoms with van der Waals surface area (Å²) in [4.78, 5) is 26.8. The molecule has 1 saturated carbocycles. The highest BCUT2D eigenvalue weighted by atomic mass is 19.1. The van der Waals surface area contributed by atoms with Crippen LogP contribution < -0.4 is 5.56 Å². The van der Waals surface area contributed by atoms with E-state index in [1.807, 2.05) is 30.7 Å². The zero-order valence-electron chi connectivity index (χ0n) is 18.6. The van der Waals surface area contributed by atoms with E-state index in [-0.39, 0.29) is 28.2 Å². The molecule has 0 unspecified atom stereocenters. The highest BCUT2D eigenvalue weighted by molar-refractivity contribution is 5.80. The van der Waals surface area contributed by atoms with Crippen LogP contribution in [0.2, 0.25) is 0 Å². The molecule has 4 heterocycles. The molecule has 10 heteroatoms. The lowest BCUT2D eigenvalue weighted by Gasteiger charge is -2.11. The van der Waals surface area contributed by atoms with E-state index in [1.54, 1.807) is 29.4 Å². The van der Waals surface area contributed by atoms with Gasteiger partial charge in [-0.05, 0) is 44.9 Å². The molecule has 0 bridgehead atoms. The van der Waals surface area contributed by atoms with Crippen molar-refractivity contribution >= 4 is 10.9 Å². The lowest BCUT2D eigenvalue weighted by molar-refractivity contribution is 0.603. The van der Waals surface area contributed by atoms with Crippen LogP contribution in [0.25, 0.3) is 33.9 Å². The standard InChI is InChI=1S/C24H21FN8O/c1-14(2)32-13-28-30-23(32)18-4-3-5-22(29-18)33-12-27-19-9-17(25)21(8-16(19)24(33)34)31-10-20(26-11-31)15-6-7-15/h3-5,8-15H,6-7H2,1-2H3. The molecule has 34 heavy (non-hydrogen) atoms. The molecule has 1 aliphatic carbocycles. The average Bonchev–Trinajstić information content (AvgIpc) is 3.35. The Hall–Kier alpha value is -4.21. The summed E-state index contributed by atoms with van der Waals surface area (Å²) in [6.45, 7) is 4.05. The Kier molecular flexibility index (Phi) is 4.61. The monoisotopic (exact) mass is 456 g/mol. The molecule has 0 radical (unpaired) electrons. The summed E-state index contributed by atoms with van der Waals surface area (Å²) in [5.74, 6) is 0.975. The van der Waals surface area contributed by atoms with E-state index >= 15 is 0 Å². The van der Waals surface area contributed by atoms with Crippen LogP contribution in [0.4, 0.5) is 4.39 Å². The van der Waals surface area contributed by atoms with E-state index in [4.69, 9.17) is 0 Å². The molecule has 1 aromatic carbocycles. The first-order valence-corrected chi connectivity index (χ1v) is 11.1. The molecule has 0 amide bonds. The van der Waals surface area contributed by atoms with Crippen molar-refractivity contribution in [1.82, 2.24) is 38.9 Å². The van der Waals surface area contributed by atoms with Gasteiger partial charge in [-0.2, -0.15) is 0 Å². The molecule has 170 valence electrons. The maximum atomic E-state index is 14.9. The number of nitrogens with zero attached hydrogens (tertiary/aromatic N) is 8. The molecule has 6 rings (SSSR count). The molecular formula is C24H21FN8O. The van der Waals surface area contributed by atoms with Gasteiger partial charge in [0, 0.05) is 24.2 Å². The van der Waals surface area contributed by atoms with Crippen molar-refractivity contribution in [2.75, 3.05) is 0 Å². The molecule has 1 aliphatic rings. The number of halogens is 1. The van der Waals surface area contributed by atoms with Crippen molar-refractivity contribution in [1.29, 1.82) is 0 Å². The van der Waals surface area contributed by atoms with Crippen LogP contribution in [0.3, 0.4) is 0 Å². The van der Waals surface area contributed by atoms with E-state index in [1.165, 1.54) is 23.0 Å². The van der Waals surface area contributed by atoms with Gasteiger partial charge in [-0.3, -0.25) is 9.36 Å². The van der Waals surface area contributed by atoms with Gasteiger partial charge in [-0.15, -0.1) is 10.2 Å². The second-order valence-corrected chi connectivity index (χ2v) is 8.76.